The molecule has 0 spiro atoms. The van der Waals surface area contributed by atoms with Crippen molar-refractivity contribution in [3.8, 4) is 17.6 Å². The maximum Gasteiger partial charge on any atom is 0.255 e. The first kappa shape index (κ1) is 16.4. The second-order valence-electron chi connectivity index (χ2n) is 4.97. The molecule has 1 unspecified atom stereocenters. The molecule has 1 amide bonds. The fourth-order valence-corrected chi connectivity index (χ4v) is 2.27. The number of carbonyl (C=O) groups excluding carboxylic acids is 1. The number of para-hydroxylation sites is 1. The molecule has 0 saturated carbocycles. The fraction of sp³-hybridized carbons (Fsp3) is 0.222. The Hall–Kier alpha value is -3.00. The van der Waals surface area contributed by atoms with Gasteiger partial charge in [0.05, 0.1) is 37.5 Å². The lowest BCUT2D eigenvalue weighted by molar-refractivity contribution is 0.0936. The van der Waals surface area contributed by atoms with Crippen LogP contribution in [0.15, 0.2) is 42.5 Å². The third-order valence-electron chi connectivity index (χ3n) is 3.53. The zero-order chi connectivity index (χ0) is 16.8. The van der Waals surface area contributed by atoms with Crippen LogP contribution in [-0.2, 0) is 0 Å². The second kappa shape index (κ2) is 7.32. The van der Waals surface area contributed by atoms with Crippen molar-refractivity contribution < 1.29 is 14.3 Å². The van der Waals surface area contributed by atoms with E-state index in [1.165, 1.54) is 14.2 Å². The zero-order valence-corrected chi connectivity index (χ0v) is 13.3. The van der Waals surface area contributed by atoms with E-state index in [0.717, 1.165) is 5.56 Å². The van der Waals surface area contributed by atoms with E-state index in [4.69, 9.17) is 14.7 Å². The van der Waals surface area contributed by atoms with Crippen LogP contribution in [0.5, 0.6) is 11.5 Å². The van der Waals surface area contributed by atoms with Gasteiger partial charge in [0.25, 0.3) is 5.91 Å². The standard InChI is InChI=1S/C18H18N2O3/c1-12(14-9-7-13(11-19)8-10-14)20-18(21)15-5-4-6-16(22-2)17(15)23-3/h4-10,12H,1-3H3,(H,20,21). The van der Waals surface area contributed by atoms with E-state index >= 15 is 0 Å². The molecule has 1 atom stereocenters. The minimum atomic E-state index is -0.252. The van der Waals surface area contributed by atoms with E-state index in [9.17, 15) is 4.79 Å². The lowest BCUT2D eigenvalue weighted by atomic mass is 10.1. The van der Waals surface area contributed by atoms with Gasteiger partial charge in [-0.2, -0.15) is 5.26 Å². The largest absolute Gasteiger partial charge is 0.493 e. The molecule has 0 heterocycles. The molecule has 1 N–H and O–H groups in total. The first-order valence-electron chi connectivity index (χ1n) is 7.12. The van der Waals surface area contributed by atoms with Gasteiger partial charge in [-0.1, -0.05) is 18.2 Å². The maximum atomic E-state index is 12.5. The molecule has 0 bridgehead atoms. The molecule has 0 aromatic heterocycles. The lowest BCUT2D eigenvalue weighted by Crippen LogP contribution is -2.27. The van der Waals surface area contributed by atoms with Crippen LogP contribution in [0.2, 0.25) is 0 Å². The number of carbonyl (C=O) groups is 1. The van der Waals surface area contributed by atoms with E-state index in [0.29, 0.717) is 22.6 Å². The first-order valence-corrected chi connectivity index (χ1v) is 7.12. The van der Waals surface area contributed by atoms with Crippen LogP contribution in [0, 0.1) is 11.3 Å². The molecule has 0 fully saturated rings. The SMILES string of the molecule is COc1cccc(C(=O)NC(C)c2ccc(C#N)cc2)c1OC. The van der Waals surface area contributed by atoms with Crippen LogP contribution >= 0.6 is 0 Å². The first-order chi connectivity index (χ1) is 11.1. The van der Waals surface area contributed by atoms with Crippen LogP contribution in [0.1, 0.15) is 34.5 Å². The number of nitriles is 1. The number of benzene rings is 2. The van der Waals surface area contributed by atoms with Gasteiger partial charge in [0.2, 0.25) is 0 Å². The third kappa shape index (κ3) is 3.61. The molecule has 2 rings (SSSR count). The molecule has 5 heteroatoms. The predicted molar refractivity (Wildman–Crippen MR) is 86.6 cm³/mol. The van der Waals surface area contributed by atoms with Crippen molar-refractivity contribution in [3.63, 3.8) is 0 Å². The Morgan fingerprint density at radius 2 is 1.83 bits per heavy atom. The van der Waals surface area contributed by atoms with Crippen molar-refractivity contribution >= 4 is 5.91 Å². The number of amides is 1. The minimum absolute atomic E-state index is 0.203. The number of nitrogens with one attached hydrogen (secondary N) is 1. The van der Waals surface area contributed by atoms with Gasteiger partial charge in [-0.15, -0.1) is 0 Å². The average Bonchev–Trinajstić information content (AvgIpc) is 2.60. The summed E-state index contributed by atoms with van der Waals surface area (Å²) in [6.07, 6.45) is 0. The summed E-state index contributed by atoms with van der Waals surface area (Å²) in [5, 5.41) is 11.7. The van der Waals surface area contributed by atoms with Gasteiger partial charge in [-0.05, 0) is 36.8 Å². The molecular weight excluding hydrogens is 292 g/mol. The average molecular weight is 310 g/mol. The monoisotopic (exact) mass is 310 g/mol. The number of ether oxygens (including phenoxy) is 2. The van der Waals surface area contributed by atoms with Gasteiger partial charge in [0, 0.05) is 0 Å². The molecular formula is C18H18N2O3. The van der Waals surface area contributed by atoms with E-state index in [2.05, 4.69) is 11.4 Å². The van der Waals surface area contributed by atoms with Crippen molar-refractivity contribution in [3.05, 3.63) is 59.2 Å². The summed E-state index contributed by atoms with van der Waals surface area (Å²) in [5.41, 5.74) is 1.91. The van der Waals surface area contributed by atoms with Crippen molar-refractivity contribution in [2.75, 3.05) is 14.2 Å². The third-order valence-corrected chi connectivity index (χ3v) is 3.53. The minimum Gasteiger partial charge on any atom is -0.493 e. The number of methoxy groups -OCH3 is 2. The van der Waals surface area contributed by atoms with Crippen molar-refractivity contribution in [1.29, 1.82) is 5.26 Å². The number of hydrogen-bond acceptors (Lipinski definition) is 4. The number of nitrogens with zero attached hydrogens (tertiary/aromatic N) is 1. The Morgan fingerprint density at radius 1 is 1.13 bits per heavy atom. The molecule has 0 aliphatic heterocycles. The van der Waals surface area contributed by atoms with Crippen molar-refractivity contribution in [2.45, 2.75) is 13.0 Å². The highest BCUT2D eigenvalue weighted by Gasteiger charge is 2.18. The lowest BCUT2D eigenvalue weighted by Gasteiger charge is -2.17. The van der Waals surface area contributed by atoms with E-state index in [-0.39, 0.29) is 11.9 Å². The Kier molecular flexibility index (Phi) is 5.21. The van der Waals surface area contributed by atoms with Crippen molar-refractivity contribution in [2.24, 2.45) is 0 Å². The van der Waals surface area contributed by atoms with Gasteiger partial charge in [-0.3, -0.25) is 4.79 Å². The smallest absolute Gasteiger partial charge is 0.255 e. The Morgan fingerprint density at radius 3 is 2.39 bits per heavy atom. The Labute approximate surface area is 135 Å². The van der Waals surface area contributed by atoms with Gasteiger partial charge in [0.1, 0.15) is 0 Å². The Balaban J connectivity index is 2.19. The molecule has 0 radical (unpaired) electrons. The molecule has 5 nitrogen and oxygen atoms in total. The summed E-state index contributed by atoms with van der Waals surface area (Å²) in [6, 6.07) is 14.1. The molecule has 2 aromatic carbocycles. The quantitative estimate of drug-likeness (QED) is 0.921. The summed E-state index contributed by atoms with van der Waals surface area (Å²) in [7, 11) is 3.03. The summed E-state index contributed by atoms with van der Waals surface area (Å²) < 4.78 is 10.5. The van der Waals surface area contributed by atoms with Crippen LogP contribution in [0.3, 0.4) is 0 Å². The van der Waals surface area contributed by atoms with E-state index < -0.39 is 0 Å². The normalized spacial score (nSPS) is 11.2. The van der Waals surface area contributed by atoms with Crippen LogP contribution in [0.25, 0.3) is 0 Å². The number of rotatable bonds is 5. The van der Waals surface area contributed by atoms with E-state index in [1.54, 1.807) is 30.3 Å². The molecule has 0 aliphatic carbocycles. The van der Waals surface area contributed by atoms with Crippen LogP contribution in [0.4, 0.5) is 0 Å². The molecule has 23 heavy (non-hydrogen) atoms. The van der Waals surface area contributed by atoms with Gasteiger partial charge < -0.3 is 14.8 Å². The summed E-state index contributed by atoms with van der Waals surface area (Å²) in [4.78, 5) is 12.5. The molecule has 2 aromatic rings. The molecule has 118 valence electrons. The van der Waals surface area contributed by atoms with Crippen LogP contribution < -0.4 is 14.8 Å². The van der Waals surface area contributed by atoms with E-state index in [1.807, 2.05) is 19.1 Å². The molecule has 0 aliphatic rings. The highest BCUT2D eigenvalue weighted by molar-refractivity contribution is 5.98. The number of hydrogen-bond donors (Lipinski definition) is 1. The van der Waals surface area contributed by atoms with Gasteiger partial charge in [0.15, 0.2) is 11.5 Å². The molecule has 0 saturated heterocycles. The fourth-order valence-electron chi connectivity index (χ4n) is 2.27. The van der Waals surface area contributed by atoms with Crippen molar-refractivity contribution in [1.82, 2.24) is 5.32 Å². The highest BCUT2D eigenvalue weighted by Crippen LogP contribution is 2.31. The maximum absolute atomic E-state index is 12.5. The second-order valence-corrected chi connectivity index (χ2v) is 4.97. The summed E-state index contributed by atoms with van der Waals surface area (Å²) in [6.45, 7) is 1.88. The summed E-state index contributed by atoms with van der Waals surface area (Å²) in [5.74, 6) is 0.656. The highest BCUT2D eigenvalue weighted by atomic mass is 16.5. The van der Waals surface area contributed by atoms with Gasteiger partial charge >= 0.3 is 0 Å². The predicted octanol–water partition coefficient (Wildman–Crippen LogP) is 3.07. The summed E-state index contributed by atoms with van der Waals surface area (Å²) >= 11 is 0. The van der Waals surface area contributed by atoms with Gasteiger partial charge in [-0.25, -0.2) is 0 Å². The topological polar surface area (TPSA) is 71.3 Å². The zero-order valence-electron chi connectivity index (χ0n) is 13.3. The van der Waals surface area contributed by atoms with Crippen LogP contribution in [-0.4, -0.2) is 20.1 Å². The Bertz CT molecular complexity index is 733.